The molecule has 0 aliphatic carbocycles. The number of hydrogen-bond acceptors (Lipinski definition) is 3. The number of rotatable bonds is 3. The lowest BCUT2D eigenvalue weighted by Crippen LogP contribution is -2.54. The summed E-state index contributed by atoms with van der Waals surface area (Å²) in [7, 11) is 0. The molecule has 0 atom stereocenters. The van der Waals surface area contributed by atoms with Gasteiger partial charge in [-0.15, -0.1) is 0 Å². The van der Waals surface area contributed by atoms with E-state index < -0.39 is 0 Å². The molecule has 1 aromatic heterocycles. The Hall–Kier alpha value is -3.05. The summed E-state index contributed by atoms with van der Waals surface area (Å²) in [6.45, 7) is 0.0599. The van der Waals surface area contributed by atoms with Crippen molar-refractivity contribution in [2.45, 2.75) is 0 Å². The molecule has 0 saturated heterocycles. The number of hydrogen-bond donors (Lipinski definition) is 0. The molecule has 0 unspecified atom stereocenters. The third kappa shape index (κ3) is 3.18. The summed E-state index contributed by atoms with van der Waals surface area (Å²) in [6.07, 6.45) is 1.72. The first kappa shape index (κ1) is 17.1. The first-order chi connectivity index (χ1) is 13.8. The van der Waals surface area contributed by atoms with Gasteiger partial charge in [0.25, 0.3) is 6.71 Å². The fourth-order valence-electron chi connectivity index (χ4n) is 3.58. The number of para-hydroxylation sites is 1. The summed E-state index contributed by atoms with van der Waals surface area (Å²) in [5, 5.41) is 0. The molecular weight excluding hydrogens is 413 g/mol. The molecule has 1 aliphatic rings. The van der Waals surface area contributed by atoms with Gasteiger partial charge in [-0.05, 0) is 53.4 Å². The molecule has 0 spiro atoms. The molecule has 0 saturated carbocycles. The lowest BCUT2D eigenvalue weighted by molar-refractivity contribution is 0.463. The van der Waals surface area contributed by atoms with E-state index in [2.05, 4.69) is 45.2 Å². The van der Waals surface area contributed by atoms with Crippen LogP contribution in [-0.2, 0) is 0 Å². The Bertz CT molecular complexity index is 1150. The first-order valence-corrected chi connectivity index (χ1v) is 9.82. The van der Waals surface area contributed by atoms with Crippen LogP contribution >= 0.6 is 15.9 Å². The summed E-state index contributed by atoms with van der Waals surface area (Å²) in [5.74, 6) is 3.10. The minimum atomic E-state index is 0.0599. The number of pyridine rings is 1. The Morgan fingerprint density at radius 3 is 2.54 bits per heavy atom. The number of ether oxygens (including phenoxy) is 2. The lowest BCUT2D eigenvalue weighted by atomic mass is 9.36. The van der Waals surface area contributed by atoms with Crippen LogP contribution in [0.15, 0.2) is 95.6 Å². The SMILES string of the molecule is Brc1ccc2c(c1)B(c1cccc(Oc3ccccn3)c1)c1ccccc1O2. The van der Waals surface area contributed by atoms with E-state index in [1.807, 2.05) is 60.7 Å². The minimum absolute atomic E-state index is 0.0599. The summed E-state index contributed by atoms with van der Waals surface area (Å²) < 4.78 is 13.1. The van der Waals surface area contributed by atoms with E-state index >= 15 is 0 Å². The highest BCUT2D eigenvalue weighted by Crippen LogP contribution is 2.26. The lowest BCUT2D eigenvalue weighted by Gasteiger charge is -2.27. The second-order valence-electron chi connectivity index (χ2n) is 6.60. The van der Waals surface area contributed by atoms with Crippen molar-refractivity contribution >= 4 is 39.0 Å². The van der Waals surface area contributed by atoms with Gasteiger partial charge >= 0.3 is 0 Å². The molecule has 0 fully saturated rings. The molecule has 2 heterocycles. The number of fused-ring (bicyclic) bond motifs is 2. The third-order valence-electron chi connectivity index (χ3n) is 4.78. The van der Waals surface area contributed by atoms with Crippen LogP contribution in [0, 0.1) is 0 Å². The molecule has 4 aromatic rings. The highest BCUT2D eigenvalue weighted by molar-refractivity contribution is 9.10. The second-order valence-corrected chi connectivity index (χ2v) is 7.51. The molecule has 5 heteroatoms. The minimum Gasteiger partial charge on any atom is -0.458 e. The van der Waals surface area contributed by atoms with Crippen molar-refractivity contribution in [2.75, 3.05) is 0 Å². The van der Waals surface area contributed by atoms with E-state index in [0.717, 1.165) is 38.1 Å². The standard InChI is InChI=1S/C23H15BBrNO2/c25-17-11-12-22-20(15-17)24(19-8-1-2-9-21(19)28-22)16-6-5-7-18(14-16)27-23-10-3-4-13-26-23/h1-15H. The van der Waals surface area contributed by atoms with Crippen LogP contribution in [0.4, 0.5) is 0 Å². The second kappa shape index (κ2) is 7.17. The number of aromatic nitrogens is 1. The van der Waals surface area contributed by atoms with Crippen molar-refractivity contribution in [3.8, 4) is 23.1 Å². The van der Waals surface area contributed by atoms with Crippen molar-refractivity contribution in [3.63, 3.8) is 0 Å². The van der Waals surface area contributed by atoms with Crippen molar-refractivity contribution in [2.24, 2.45) is 0 Å². The molecule has 0 N–H and O–H groups in total. The monoisotopic (exact) mass is 427 g/mol. The topological polar surface area (TPSA) is 31.4 Å². The molecule has 3 aromatic carbocycles. The molecule has 0 amide bonds. The maximum atomic E-state index is 6.15. The molecule has 0 radical (unpaired) electrons. The van der Waals surface area contributed by atoms with Gasteiger partial charge in [0.15, 0.2) is 0 Å². The van der Waals surface area contributed by atoms with Crippen molar-refractivity contribution in [3.05, 3.63) is 95.6 Å². The Kier molecular flexibility index (Phi) is 4.37. The number of halogens is 1. The fraction of sp³-hybridized carbons (Fsp3) is 0. The molecule has 134 valence electrons. The zero-order valence-corrected chi connectivity index (χ0v) is 16.5. The zero-order chi connectivity index (χ0) is 18.9. The van der Waals surface area contributed by atoms with Crippen molar-refractivity contribution in [1.82, 2.24) is 4.98 Å². The summed E-state index contributed by atoms with van der Waals surface area (Å²) >= 11 is 3.60. The van der Waals surface area contributed by atoms with Gasteiger partial charge in [-0.25, -0.2) is 4.98 Å². The van der Waals surface area contributed by atoms with Crippen LogP contribution in [0.2, 0.25) is 0 Å². The summed E-state index contributed by atoms with van der Waals surface area (Å²) in [5.41, 5.74) is 3.41. The molecule has 5 rings (SSSR count). The summed E-state index contributed by atoms with van der Waals surface area (Å²) in [4.78, 5) is 4.25. The van der Waals surface area contributed by atoms with Gasteiger partial charge in [-0.2, -0.15) is 0 Å². The van der Waals surface area contributed by atoms with E-state index in [0.29, 0.717) is 5.88 Å². The van der Waals surface area contributed by atoms with Gasteiger partial charge in [0.05, 0.1) is 0 Å². The highest BCUT2D eigenvalue weighted by Gasteiger charge is 2.32. The van der Waals surface area contributed by atoms with Crippen molar-refractivity contribution < 1.29 is 9.47 Å². The Balaban J connectivity index is 1.61. The Labute approximate surface area is 172 Å². The maximum Gasteiger partial charge on any atom is 0.251 e. The Morgan fingerprint density at radius 1 is 0.786 bits per heavy atom. The smallest absolute Gasteiger partial charge is 0.251 e. The normalized spacial score (nSPS) is 12.0. The number of nitrogens with zero attached hydrogens (tertiary/aromatic N) is 1. The predicted octanol–water partition coefficient (Wildman–Crippen LogP) is 4.26. The van der Waals surface area contributed by atoms with E-state index in [1.165, 1.54) is 0 Å². The van der Waals surface area contributed by atoms with Crippen LogP contribution in [0.5, 0.6) is 23.1 Å². The van der Waals surface area contributed by atoms with Gasteiger partial charge in [0.1, 0.15) is 17.2 Å². The maximum absolute atomic E-state index is 6.15. The van der Waals surface area contributed by atoms with Crippen LogP contribution in [0.3, 0.4) is 0 Å². The van der Waals surface area contributed by atoms with Crippen LogP contribution in [0.1, 0.15) is 0 Å². The van der Waals surface area contributed by atoms with Gasteiger partial charge in [-0.3, -0.25) is 0 Å². The molecule has 0 bridgehead atoms. The van der Waals surface area contributed by atoms with E-state index in [-0.39, 0.29) is 6.71 Å². The van der Waals surface area contributed by atoms with E-state index in [9.17, 15) is 0 Å². The highest BCUT2D eigenvalue weighted by atomic mass is 79.9. The predicted molar refractivity (Wildman–Crippen MR) is 116 cm³/mol. The molecule has 28 heavy (non-hydrogen) atoms. The molecule has 1 aliphatic heterocycles. The number of benzene rings is 3. The van der Waals surface area contributed by atoms with Crippen LogP contribution < -0.4 is 25.9 Å². The average molecular weight is 428 g/mol. The molecular formula is C23H15BBrNO2. The van der Waals surface area contributed by atoms with Crippen molar-refractivity contribution in [1.29, 1.82) is 0 Å². The van der Waals surface area contributed by atoms with Crippen LogP contribution in [-0.4, -0.2) is 11.7 Å². The summed E-state index contributed by atoms with van der Waals surface area (Å²) in [6, 6.07) is 28.1. The quantitative estimate of drug-likeness (QED) is 0.403. The molecule has 3 nitrogen and oxygen atoms in total. The van der Waals surface area contributed by atoms with Gasteiger partial charge in [0, 0.05) is 16.7 Å². The third-order valence-corrected chi connectivity index (χ3v) is 5.28. The largest absolute Gasteiger partial charge is 0.458 e. The van der Waals surface area contributed by atoms with Gasteiger partial charge in [-0.1, -0.05) is 57.8 Å². The Morgan fingerprint density at radius 2 is 1.64 bits per heavy atom. The van der Waals surface area contributed by atoms with E-state index in [4.69, 9.17) is 9.47 Å². The fourth-order valence-corrected chi connectivity index (χ4v) is 3.96. The van der Waals surface area contributed by atoms with Crippen LogP contribution in [0.25, 0.3) is 0 Å². The first-order valence-electron chi connectivity index (χ1n) is 9.03. The average Bonchev–Trinajstić information content (AvgIpc) is 2.73. The van der Waals surface area contributed by atoms with Gasteiger partial charge < -0.3 is 9.47 Å². The van der Waals surface area contributed by atoms with Gasteiger partial charge in [0.2, 0.25) is 5.88 Å². The van der Waals surface area contributed by atoms with E-state index in [1.54, 1.807) is 6.20 Å². The zero-order valence-electron chi connectivity index (χ0n) is 14.9.